The molecule has 4 aromatic rings. The molecule has 0 bridgehead atoms. The van der Waals surface area contributed by atoms with Gasteiger partial charge in [0.25, 0.3) is 5.91 Å². The first-order valence-electron chi connectivity index (χ1n) is 10.8. The molecule has 1 heterocycles. The molecule has 0 saturated carbocycles. The lowest BCUT2D eigenvalue weighted by molar-refractivity contribution is -0.118. The van der Waals surface area contributed by atoms with Crippen LogP contribution in [0.5, 0.6) is 0 Å². The molecule has 1 aromatic heterocycles. The summed E-state index contributed by atoms with van der Waals surface area (Å²) in [5.41, 5.74) is 1.60. The van der Waals surface area contributed by atoms with Crippen LogP contribution in [0.1, 0.15) is 26.4 Å². The van der Waals surface area contributed by atoms with E-state index in [0.717, 1.165) is 5.56 Å². The van der Waals surface area contributed by atoms with Crippen molar-refractivity contribution < 1.29 is 23.9 Å². The summed E-state index contributed by atoms with van der Waals surface area (Å²) in [5.74, 6) is -2.86. The quantitative estimate of drug-likeness (QED) is 0.279. The number of nitrogens with one attached hydrogen (secondary N) is 3. The summed E-state index contributed by atoms with van der Waals surface area (Å²) in [5, 5.41) is 20.9. The number of halogens is 2. The van der Waals surface area contributed by atoms with Gasteiger partial charge in [0.2, 0.25) is 5.91 Å². The number of aromatic carboxylic acids is 1. The number of H-pyrrole nitrogens is 1. The Hall–Kier alpha value is -4.50. The van der Waals surface area contributed by atoms with Gasteiger partial charge in [-0.2, -0.15) is 5.10 Å². The summed E-state index contributed by atoms with van der Waals surface area (Å²) in [6.07, 6.45) is 0.190. The zero-order valence-electron chi connectivity index (χ0n) is 18.7. The molecule has 0 saturated heterocycles. The van der Waals surface area contributed by atoms with Crippen LogP contribution in [0.3, 0.4) is 0 Å². The highest BCUT2D eigenvalue weighted by molar-refractivity contribution is 6.31. The van der Waals surface area contributed by atoms with Crippen LogP contribution >= 0.6 is 11.6 Å². The van der Waals surface area contributed by atoms with Crippen LogP contribution in [0.15, 0.2) is 78.9 Å². The Bertz CT molecular complexity index is 1410. The molecule has 4 N–H and O–H groups in total. The van der Waals surface area contributed by atoms with Gasteiger partial charge in [0, 0.05) is 17.7 Å². The summed E-state index contributed by atoms with van der Waals surface area (Å²) in [6, 6.07) is 19.6. The molecule has 0 spiro atoms. The molecular weight excluding hydrogens is 487 g/mol. The molecule has 0 aliphatic carbocycles. The number of carbonyl (C=O) groups is 3. The molecule has 1 atom stereocenters. The van der Waals surface area contributed by atoms with Gasteiger partial charge >= 0.3 is 5.97 Å². The molecule has 182 valence electrons. The Balaban J connectivity index is 1.53. The Kier molecular flexibility index (Phi) is 7.41. The summed E-state index contributed by atoms with van der Waals surface area (Å²) in [7, 11) is 0. The molecule has 0 aliphatic heterocycles. The van der Waals surface area contributed by atoms with Gasteiger partial charge < -0.3 is 15.7 Å². The Morgan fingerprint density at radius 1 is 1.00 bits per heavy atom. The number of amides is 2. The van der Waals surface area contributed by atoms with Crippen molar-refractivity contribution in [2.24, 2.45) is 0 Å². The lowest BCUT2D eigenvalue weighted by atomic mass is 10.0. The predicted octanol–water partition coefficient (Wildman–Crippen LogP) is 4.55. The molecule has 1 unspecified atom stereocenters. The van der Waals surface area contributed by atoms with Crippen molar-refractivity contribution in [2.75, 3.05) is 5.32 Å². The van der Waals surface area contributed by atoms with E-state index in [-0.39, 0.29) is 34.0 Å². The molecule has 8 nitrogen and oxygen atoms in total. The van der Waals surface area contributed by atoms with Gasteiger partial charge in [-0.1, -0.05) is 48.0 Å². The second kappa shape index (κ2) is 10.8. The third kappa shape index (κ3) is 5.76. The topological polar surface area (TPSA) is 124 Å². The van der Waals surface area contributed by atoms with Crippen molar-refractivity contribution in [3.63, 3.8) is 0 Å². The number of carbonyl (C=O) groups excluding carboxylic acids is 2. The molecule has 3 aromatic carbocycles. The van der Waals surface area contributed by atoms with Crippen LogP contribution in [0, 0.1) is 5.82 Å². The van der Waals surface area contributed by atoms with E-state index in [4.69, 9.17) is 16.7 Å². The average Bonchev–Trinajstić information content (AvgIpc) is 3.36. The van der Waals surface area contributed by atoms with Crippen LogP contribution in [0.25, 0.3) is 11.3 Å². The molecule has 0 radical (unpaired) electrons. The fourth-order valence-electron chi connectivity index (χ4n) is 3.50. The van der Waals surface area contributed by atoms with Crippen LogP contribution < -0.4 is 10.6 Å². The van der Waals surface area contributed by atoms with Gasteiger partial charge in [-0.15, -0.1) is 0 Å². The summed E-state index contributed by atoms with van der Waals surface area (Å²) in [6.45, 7) is 0. The number of hydrogen-bond acceptors (Lipinski definition) is 4. The molecule has 0 aliphatic rings. The van der Waals surface area contributed by atoms with Crippen molar-refractivity contribution in [3.8, 4) is 11.3 Å². The first-order valence-corrected chi connectivity index (χ1v) is 11.2. The number of aromatic amines is 1. The number of nitrogens with zero attached hydrogens (tertiary/aromatic N) is 1. The van der Waals surface area contributed by atoms with E-state index >= 15 is 0 Å². The van der Waals surface area contributed by atoms with Crippen LogP contribution in [-0.4, -0.2) is 39.1 Å². The molecule has 36 heavy (non-hydrogen) atoms. The fourth-order valence-corrected chi connectivity index (χ4v) is 3.67. The highest BCUT2D eigenvalue weighted by Crippen LogP contribution is 2.26. The number of carboxylic acid groups (broad SMARTS) is 1. The van der Waals surface area contributed by atoms with Crippen LogP contribution in [0.4, 0.5) is 10.1 Å². The summed E-state index contributed by atoms with van der Waals surface area (Å²) >= 11 is 5.84. The fraction of sp³-hybridized carbons (Fsp3) is 0.0769. The third-order valence-corrected chi connectivity index (χ3v) is 5.65. The molecular formula is C26H20ClFN4O4. The second-order valence-electron chi connectivity index (χ2n) is 7.86. The maximum absolute atomic E-state index is 14.4. The third-order valence-electron chi connectivity index (χ3n) is 5.35. The second-order valence-corrected chi connectivity index (χ2v) is 8.26. The molecule has 10 heteroatoms. The maximum Gasteiger partial charge on any atom is 0.335 e. The lowest BCUT2D eigenvalue weighted by Gasteiger charge is -2.18. The van der Waals surface area contributed by atoms with Crippen molar-refractivity contribution in [1.29, 1.82) is 0 Å². The Morgan fingerprint density at radius 2 is 1.72 bits per heavy atom. The van der Waals surface area contributed by atoms with Crippen LogP contribution in [-0.2, 0) is 11.2 Å². The summed E-state index contributed by atoms with van der Waals surface area (Å²) < 4.78 is 14.4. The normalized spacial score (nSPS) is 11.5. The number of rotatable bonds is 8. The zero-order valence-corrected chi connectivity index (χ0v) is 19.4. The van der Waals surface area contributed by atoms with E-state index < -0.39 is 29.6 Å². The average molecular weight is 507 g/mol. The van der Waals surface area contributed by atoms with E-state index in [0.29, 0.717) is 5.69 Å². The van der Waals surface area contributed by atoms with Gasteiger partial charge in [0.05, 0.1) is 16.3 Å². The molecule has 0 fully saturated rings. The lowest BCUT2D eigenvalue weighted by Crippen LogP contribution is -2.45. The van der Waals surface area contributed by atoms with Gasteiger partial charge in [-0.25, -0.2) is 9.18 Å². The molecule has 2 amide bonds. The monoisotopic (exact) mass is 506 g/mol. The largest absolute Gasteiger partial charge is 0.478 e. The van der Waals surface area contributed by atoms with Gasteiger partial charge in [0.15, 0.2) is 5.82 Å². The van der Waals surface area contributed by atoms with E-state index in [1.807, 2.05) is 30.3 Å². The zero-order chi connectivity index (χ0) is 25.7. The Morgan fingerprint density at radius 3 is 2.42 bits per heavy atom. The van der Waals surface area contributed by atoms with Gasteiger partial charge in [-0.05, 0) is 48.0 Å². The minimum Gasteiger partial charge on any atom is -0.478 e. The van der Waals surface area contributed by atoms with E-state index in [9.17, 15) is 18.8 Å². The standard InChI is InChI=1S/C26H20ClFN4O4/c27-19-8-4-7-18(23(19)28)20-14-22(32-31-20)25(34)30-21(13-15-5-2-1-3-6-15)24(33)29-17-11-9-16(10-12-17)26(35)36/h1-12,14,21H,13H2,(H,29,33)(H,30,34)(H,31,32)(H,35,36). The number of anilines is 1. The smallest absolute Gasteiger partial charge is 0.335 e. The Labute approximate surface area is 210 Å². The van der Waals surface area contributed by atoms with E-state index in [1.165, 1.54) is 42.5 Å². The van der Waals surface area contributed by atoms with Crippen molar-refractivity contribution >= 4 is 35.1 Å². The van der Waals surface area contributed by atoms with E-state index in [2.05, 4.69) is 20.8 Å². The minimum atomic E-state index is -1.08. The number of carboxylic acids is 1. The van der Waals surface area contributed by atoms with Gasteiger partial charge in [0.1, 0.15) is 11.7 Å². The first kappa shape index (κ1) is 24.6. The maximum atomic E-state index is 14.4. The van der Waals surface area contributed by atoms with Crippen molar-refractivity contribution in [2.45, 2.75) is 12.5 Å². The summed E-state index contributed by atoms with van der Waals surface area (Å²) in [4.78, 5) is 37.1. The van der Waals surface area contributed by atoms with E-state index in [1.54, 1.807) is 6.07 Å². The van der Waals surface area contributed by atoms with Gasteiger partial charge in [-0.3, -0.25) is 14.7 Å². The van der Waals surface area contributed by atoms with Crippen molar-refractivity contribution in [1.82, 2.24) is 15.5 Å². The highest BCUT2D eigenvalue weighted by Gasteiger charge is 2.24. The SMILES string of the molecule is O=C(O)c1ccc(NC(=O)C(Cc2ccccc2)NC(=O)c2cc(-c3cccc(Cl)c3F)n[nH]2)cc1. The predicted molar refractivity (Wildman–Crippen MR) is 132 cm³/mol. The molecule has 4 rings (SSSR count). The van der Waals surface area contributed by atoms with Crippen molar-refractivity contribution in [3.05, 3.63) is 107 Å². The first-order chi connectivity index (χ1) is 17.3. The highest BCUT2D eigenvalue weighted by atomic mass is 35.5. The number of benzene rings is 3. The minimum absolute atomic E-state index is 0.0287. The number of hydrogen-bond donors (Lipinski definition) is 4. The van der Waals surface area contributed by atoms with Crippen LogP contribution in [0.2, 0.25) is 5.02 Å². The number of aromatic nitrogens is 2.